The highest BCUT2D eigenvalue weighted by Crippen LogP contribution is 2.40. The number of benzene rings is 1. The van der Waals surface area contributed by atoms with Crippen LogP contribution < -0.4 is 15.3 Å². The van der Waals surface area contributed by atoms with Crippen molar-refractivity contribution in [2.75, 3.05) is 25.6 Å². The molecule has 0 radical (unpaired) electrons. The summed E-state index contributed by atoms with van der Waals surface area (Å²) in [6, 6.07) is 7.54. The summed E-state index contributed by atoms with van der Waals surface area (Å²) >= 11 is 6.12. The first-order valence-electron chi connectivity index (χ1n) is 6.34. The van der Waals surface area contributed by atoms with Crippen LogP contribution in [0.2, 0.25) is 5.02 Å². The van der Waals surface area contributed by atoms with Gasteiger partial charge in [0.1, 0.15) is 16.5 Å². The molecular formula is C15H14ClNO3. The van der Waals surface area contributed by atoms with E-state index in [0.717, 1.165) is 16.9 Å². The molecule has 0 bridgehead atoms. The number of ether oxygens (including phenoxy) is 1. The lowest BCUT2D eigenvalue weighted by Crippen LogP contribution is -2.17. The van der Waals surface area contributed by atoms with Gasteiger partial charge in [0, 0.05) is 26.1 Å². The first-order valence-corrected chi connectivity index (χ1v) is 6.72. The van der Waals surface area contributed by atoms with Crippen LogP contribution in [0.15, 0.2) is 33.5 Å². The molecule has 3 rings (SSSR count). The van der Waals surface area contributed by atoms with Gasteiger partial charge in [-0.05, 0) is 12.1 Å². The Kier molecular flexibility index (Phi) is 3.18. The van der Waals surface area contributed by atoms with Gasteiger partial charge in [-0.2, -0.15) is 0 Å². The van der Waals surface area contributed by atoms with Gasteiger partial charge in [0.25, 0.3) is 0 Å². The normalized spacial score (nSPS) is 12.9. The monoisotopic (exact) mass is 291 g/mol. The zero-order chi connectivity index (χ0) is 14.3. The fourth-order valence-corrected chi connectivity index (χ4v) is 2.82. The number of para-hydroxylation sites is 1. The number of anilines is 1. The standard InChI is InChI=1S/C15H14ClNO3/c1-17(2)13-10-7-8-19-11-6-4-3-5-9(11)14(10)20-15(18)12(13)16/h3-6H,7-8H2,1-2H3. The highest BCUT2D eigenvalue weighted by molar-refractivity contribution is 6.33. The van der Waals surface area contributed by atoms with E-state index < -0.39 is 5.63 Å². The molecule has 1 aromatic carbocycles. The predicted molar refractivity (Wildman–Crippen MR) is 79.0 cm³/mol. The topological polar surface area (TPSA) is 42.7 Å². The molecule has 0 unspecified atom stereocenters. The summed E-state index contributed by atoms with van der Waals surface area (Å²) in [5.74, 6) is 1.28. The van der Waals surface area contributed by atoms with Crippen LogP contribution in [0.1, 0.15) is 5.56 Å². The van der Waals surface area contributed by atoms with Crippen molar-refractivity contribution < 1.29 is 9.15 Å². The maximum Gasteiger partial charge on any atom is 0.357 e. The second-order valence-corrected chi connectivity index (χ2v) is 5.23. The quantitative estimate of drug-likeness (QED) is 0.810. The largest absolute Gasteiger partial charge is 0.492 e. The number of fused-ring (bicyclic) bond motifs is 3. The van der Waals surface area contributed by atoms with E-state index in [1.54, 1.807) is 0 Å². The lowest BCUT2D eigenvalue weighted by atomic mass is 10.0. The summed E-state index contributed by atoms with van der Waals surface area (Å²) in [6.07, 6.45) is 0.640. The zero-order valence-electron chi connectivity index (χ0n) is 11.3. The minimum atomic E-state index is -0.522. The van der Waals surface area contributed by atoms with Gasteiger partial charge in [0.05, 0.1) is 17.9 Å². The van der Waals surface area contributed by atoms with Crippen molar-refractivity contribution >= 4 is 17.3 Å². The van der Waals surface area contributed by atoms with Crippen LogP contribution in [-0.2, 0) is 6.42 Å². The van der Waals surface area contributed by atoms with E-state index in [2.05, 4.69) is 0 Å². The number of hydrogen-bond donors (Lipinski definition) is 0. The molecule has 0 saturated carbocycles. The molecule has 0 aliphatic carbocycles. The van der Waals surface area contributed by atoms with Gasteiger partial charge in [0.2, 0.25) is 0 Å². The smallest absolute Gasteiger partial charge is 0.357 e. The second-order valence-electron chi connectivity index (χ2n) is 4.85. The van der Waals surface area contributed by atoms with E-state index in [1.165, 1.54) is 0 Å². The lowest BCUT2D eigenvalue weighted by molar-refractivity contribution is 0.326. The average Bonchev–Trinajstić information content (AvgIpc) is 2.59. The van der Waals surface area contributed by atoms with Crippen molar-refractivity contribution in [3.63, 3.8) is 0 Å². The molecule has 0 atom stereocenters. The molecule has 0 saturated heterocycles. The van der Waals surface area contributed by atoms with Crippen LogP contribution in [0, 0.1) is 0 Å². The third-order valence-electron chi connectivity index (χ3n) is 3.33. The molecule has 1 aliphatic rings. The van der Waals surface area contributed by atoms with Crippen molar-refractivity contribution in [3.05, 3.63) is 45.3 Å². The molecule has 0 N–H and O–H groups in total. The summed E-state index contributed by atoms with van der Waals surface area (Å²) in [7, 11) is 3.72. The van der Waals surface area contributed by atoms with Crippen LogP contribution in [-0.4, -0.2) is 20.7 Å². The Labute approximate surface area is 121 Å². The summed E-state index contributed by atoms with van der Waals surface area (Å²) in [6.45, 7) is 0.523. The molecule has 104 valence electrons. The summed E-state index contributed by atoms with van der Waals surface area (Å²) in [5.41, 5.74) is 1.88. The highest BCUT2D eigenvalue weighted by Gasteiger charge is 2.25. The SMILES string of the molecule is CN(C)c1c2c(oc(=O)c1Cl)-c1ccccc1OCC2. The number of nitrogens with zero attached hydrogens (tertiary/aromatic N) is 1. The van der Waals surface area contributed by atoms with E-state index in [-0.39, 0.29) is 5.02 Å². The first-order chi connectivity index (χ1) is 9.59. The third-order valence-corrected chi connectivity index (χ3v) is 3.66. The Morgan fingerprint density at radius 2 is 2.00 bits per heavy atom. The van der Waals surface area contributed by atoms with Gasteiger partial charge < -0.3 is 14.1 Å². The molecular weight excluding hydrogens is 278 g/mol. The Balaban J connectivity index is 2.37. The molecule has 20 heavy (non-hydrogen) atoms. The van der Waals surface area contributed by atoms with Crippen molar-refractivity contribution in [3.8, 4) is 17.1 Å². The molecule has 1 aliphatic heterocycles. The van der Waals surface area contributed by atoms with Gasteiger partial charge >= 0.3 is 5.63 Å². The van der Waals surface area contributed by atoms with Crippen LogP contribution in [0.4, 0.5) is 5.69 Å². The minimum absolute atomic E-state index is 0.119. The molecule has 4 nitrogen and oxygen atoms in total. The molecule has 2 heterocycles. The van der Waals surface area contributed by atoms with Gasteiger partial charge in [0.15, 0.2) is 0 Å². The van der Waals surface area contributed by atoms with Gasteiger partial charge in [-0.15, -0.1) is 0 Å². The van der Waals surface area contributed by atoms with Crippen LogP contribution in [0.25, 0.3) is 11.3 Å². The van der Waals surface area contributed by atoms with E-state index in [1.807, 2.05) is 43.3 Å². The number of halogens is 1. The zero-order valence-corrected chi connectivity index (χ0v) is 12.0. The summed E-state index contributed by atoms with van der Waals surface area (Å²) in [4.78, 5) is 13.8. The third kappa shape index (κ3) is 1.96. The van der Waals surface area contributed by atoms with E-state index >= 15 is 0 Å². The van der Waals surface area contributed by atoms with Gasteiger partial charge in [-0.25, -0.2) is 4.79 Å². The van der Waals surface area contributed by atoms with Crippen molar-refractivity contribution in [2.24, 2.45) is 0 Å². The molecule has 5 heteroatoms. The molecule has 0 amide bonds. The average molecular weight is 292 g/mol. The maximum absolute atomic E-state index is 12.0. The molecule has 0 fully saturated rings. The summed E-state index contributed by atoms with van der Waals surface area (Å²) < 4.78 is 11.2. The fraction of sp³-hybridized carbons (Fsp3) is 0.267. The lowest BCUT2D eigenvalue weighted by Gasteiger charge is -2.19. The van der Waals surface area contributed by atoms with Gasteiger partial charge in [-0.1, -0.05) is 23.7 Å². The highest BCUT2D eigenvalue weighted by atomic mass is 35.5. The van der Waals surface area contributed by atoms with Crippen molar-refractivity contribution in [1.82, 2.24) is 0 Å². The molecule has 2 aromatic rings. The Bertz CT molecular complexity index is 722. The fourth-order valence-electron chi connectivity index (χ4n) is 2.49. The van der Waals surface area contributed by atoms with E-state index in [4.69, 9.17) is 20.8 Å². The maximum atomic E-state index is 12.0. The van der Waals surface area contributed by atoms with Crippen LogP contribution in [0.5, 0.6) is 5.75 Å². The first kappa shape index (κ1) is 13.1. The van der Waals surface area contributed by atoms with E-state index in [9.17, 15) is 4.79 Å². The van der Waals surface area contributed by atoms with Crippen molar-refractivity contribution in [1.29, 1.82) is 0 Å². The minimum Gasteiger partial charge on any atom is -0.492 e. The number of hydrogen-bond acceptors (Lipinski definition) is 4. The van der Waals surface area contributed by atoms with Gasteiger partial charge in [-0.3, -0.25) is 0 Å². The second kappa shape index (κ2) is 4.87. The Hall–Kier alpha value is -1.94. The van der Waals surface area contributed by atoms with Crippen molar-refractivity contribution in [2.45, 2.75) is 6.42 Å². The number of rotatable bonds is 1. The summed E-state index contributed by atoms with van der Waals surface area (Å²) in [5, 5.41) is 0.119. The Morgan fingerprint density at radius 1 is 1.25 bits per heavy atom. The van der Waals surface area contributed by atoms with E-state index in [0.29, 0.717) is 24.5 Å². The Morgan fingerprint density at radius 3 is 2.75 bits per heavy atom. The van der Waals surface area contributed by atoms with Crippen LogP contribution in [0.3, 0.4) is 0 Å². The van der Waals surface area contributed by atoms with Crippen LogP contribution >= 0.6 is 11.6 Å². The molecule has 0 spiro atoms. The predicted octanol–water partition coefficient (Wildman–Crippen LogP) is 2.96. The molecule has 1 aromatic heterocycles.